The minimum atomic E-state index is -0.263. The summed E-state index contributed by atoms with van der Waals surface area (Å²) in [7, 11) is 0. The van der Waals surface area contributed by atoms with Crippen molar-refractivity contribution in [2.75, 3.05) is 0 Å². The lowest BCUT2D eigenvalue weighted by Gasteiger charge is -2.08. The predicted molar refractivity (Wildman–Crippen MR) is 105 cm³/mol. The van der Waals surface area contributed by atoms with Gasteiger partial charge in [-0.05, 0) is 23.8 Å². The molecule has 1 N–H and O–H groups in total. The molecule has 4 aromatic rings. The van der Waals surface area contributed by atoms with Crippen molar-refractivity contribution >= 4 is 34.3 Å². The lowest BCUT2D eigenvalue weighted by molar-refractivity contribution is 0.617. The molecule has 0 atom stereocenters. The lowest BCUT2D eigenvalue weighted by Crippen LogP contribution is -1.89. The SMILES string of the molecule is Fc1cccc(Cl)c1CSc1c(-c2ccccc2)[nH]c2ccccc12. The minimum Gasteiger partial charge on any atom is -0.354 e. The summed E-state index contributed by atoms with van der Waals surface area (Å²) in [5.41, 5.74) is 3.78. The van der Waals surface area contributed by atoms with Crippen LogP contribution in [0, 0.1) is 5.82 Å². The average molecular weight is 368 g/mol. The zero-order chi connectivity index (χ0) is 17.2. The number of benzene rings is 3. The Labute approximate surface area is 154 Å². The average Bonchev–Trinajstić information content (AvgIpc) is 3.01. The quantitative estimate of drug-likeness (QED) is 0.387. The summed E-state index contributed by atoms with van der Waals surface area (Å²) < 4.78 is 14.1. The van der Waals surface area contributed by atoms with Crippen LogP contribution in [0.5, 0.6) is 0 Å². The van der Waals surface area contributed by atoms with Crippen molar-refractivity contribution < 1.29 is 4.39 Å². The molecule has 0 spiro atoms. The number of hydrogen-bond donors (Lipinski definition) is 1. The fourth-order valence-corrected chi connectivity index (χ4v) is 4.43. The van der Waals surface area contributed by atoms with Crippen molar-refractivity contribution in [2.24, 2.45) is 0 Å². The summed E-state index contributed by atoms with van der Waals surface area (Å²) in [5.74, 6) is 0.216. The molecule has 0 fully saturated rings. The van der Waals surface area contributed by atoms with Crippen LogP contribution >= 0.6 is 23.4 Å². The van der Waals surface area contributed by atoms with Crippen LogP contribution in [0.2, 0.25) is 5.02 Å². The van der Waals surface area contributed by atoms with Crippen LogP contribution in [0.3, 0.4) is 0 Å². The van der Waals surface area contributed by atoms with E-state index in [0.29, 0.717) is 16.3 Å². The van der Waals surface area contributed by atoms with E-state index in [2.05, 4.69) is 29.2 Å². The monoisotopic (exact) mass is 367 g/mol. The first-order chi connectivity index (χ1) is 12.2. The van der Waals surface area contributed by atoms with E-state index in [0.717, 1.165) is 27.1 Å². The zero-order valence-electron chi connectivity index (χ0n) is 13.3. The molecule has 1 nitrogen and oxygen atoms in total. The van der Waals surface area contributed by atoms with Gasteiger partial charge in [0.1, 0.15) is 5.82 Å². The van der Waals surface area contributed by atoms with Crippen molar-refractivity contribution in [1.82, 2.24) is 4.98 Å². The van der Waals surface area contributed by atoms with E-state index in [1.165, 1.54) is 6.07 Å². The molecule has 0 aliphatic heterocycles. The molecule has 0 saturated carbocycles. The first-order valence-corrected chi connectivity index (χ1v) is 9.32. The standard InChI is InChI=1S/C21H15ClFNS/c22-17-10-6-11-18(23)16(17)13-25-21-15-9-4-5-12-19(15)24-20(21)14-7-2-1-3-8-14/h1-12,24H,13H2. The normalized spacial score (nSPS) is 11.1. The Hall–Kier alpha value is -2.23. The fraction of sp³-hybridized carbons (Fsp3) is 0.0476. The van der Waals surface area contributed by atoms with Gasteiger partial charge in [-0.25, -0.2) is 4.39 Å². The number of hydrogen-bond acceptors (Lipinski definition) is 1. The van der Waals surface area contributed by atoms with Crippen molar-refractivity contribution in [2.45, 2.75) is 10.6 Å². The van der Waals surface area contributed by atoms with Gasteiger partial charge < -0.3 is 4.98 Å². The van der Waals surface area contributed by atoms with Crippen LogP contribution < -0.4 is 0 Å². The van der Waals surface area contributed by atoms with Crippen LogP contribution in [0.1, 0.15) is 5.56 Å². The van der Waals surface area contributed by atoms with Gasteiger partial charge in [0.2, 0.25) is 0 Å². The smallest absolute Gasteiger partial charge is 0.128 e. The highest BCUT2D eigenvalue weighted by Crippen LogP contribution is 2.40. The van der Waals surface area contributed by atoms with E-state index in [1.807, 2.05) is 30.3 Å². The molecule has 4 heteroatoms. The third kappa shape index (κ3) is 3.17. The highest BCUT2D eigenvalue weighted by Gasteiger charge is 2.15. The van der Waals surface area contributed by atoms with Crippen LogP contribution in [-0.4, -0.2) is 4.98 Å². The Balaban J connectivity index is 1.78. The van der Waals surface area contributed by atoms with E-state index in [9.17, 15) is 4.39 Å². The van der Waals surface area contributed by atoms with Crippen LogP contribution in [0.25, 0.3) is 22.2 Å². The van der Waals surface area contributed by atoms with E-state index < -0.39 is 0 Å². The highest BCUT2D eigenvalue weighted by atomic mass is 35.5. The lowest BCUT2D eigenvalue weighted by atomic mass is 10.1. The molecule has 124 valence electrons. The predicted octanol–water partition coefficient (Wildman–Crippen LogP) is 6.92. The van der Waals surface area contributed by atoms with Crippen LogP contribution in [0.4, 0.5) is 4.39 Å². The second kappa shape index (κ2) is 6.95. The number of para-hydroxylation sites is 1. The molecule has 0 amide bonds. The molecule has 0 bridgehead atoms. The Morgan fingerprint density at radius 1 is 0.880 bits per heavy atom. The summed E-state index contributed by atoms with van der Waals surface area (Å²) >= 11 is 7.79. The summed E-state index contributed by atoms with van der Waals surface area (Å²) in [6.45, 7) is 0. The third-order valence-electron chi connectivity index (χ3n) is 4.14. The second-order valence-electron chi connectivity index (χ2n) is 5.73. The number of halogens is 2. The summed E-state index contributed by atoms with van der Waals surface area (Å²) in [4.78, 5) is 4.61. The highest BCUT2D eigenvalue weighted by molar-refractivity contribution is 7.98. The molecule has 0 radical (unpaired) electrons. The Bertz CT molecular complexity index is 1010. The van der Waals surface area contributed by atoms with Gasteiger partial charge in [0.15, 0.2) is 0 Å². The minimum absolute atomic E-state index is 0.263. The largest absolute Gasteiger partial charge is 0.354 e. The first-order valence-electron chi connectivity index (χ1n) is 7.96. The van der Waals surface area contributed by atoms with E-state index >= 15 is 0 Å². The molecule has 4 rings (SSSR count). The van der Waals surface area contributed by atoms with Gasteiger partial charge in [-0.1, -0.05) is 66.2 Å². The van der Waals surface area contributed by atoms with Gasteiger partial charge in [0.25, 0.3) is 0 Å². The molecule has 0 saturated heterocycles. The molecule has 0 aliphatic rings. The van der Waals surface area contributed by atoms with Gasteiger partial charge in [-0.3, -0.25) is 0 Å². The number of H-pyrrole nitrogens is 1. The number of aromatic nitrogens is 1. The molecule has 0 aliphatic carbocycles. The van der Waals surface area contributed by atoms with Gasteiger partial charge in [0.05, 0.1) is 5.69 Å². The van der Waals surface area contributed by atoms with Crippen molar-refractivity contribution in [3.8, 4) is 11.3 Å². The summed E-state index contributed by atoms with van der Waals surface area (Å²) in [6.07, 6.45) is 0. The number of thioether (sulfide) groups is 1. The summed E-state index contributed by atoms with van der Waals surface area (Å²) in [5, 5.41) is 1.60. The molecule has 25 heavy (non-hydrogen) atoms. The summed E-state index contributed by atoms with van der Waals surface area (Å²) in [6, 6.07) is 23.2. The first kappa shape index (κ1) is 16.2. The maximum atomic E-state index is 14.1. The number of aromatic amines is 1. The molecular weight excluding hydrogens is 353 g/mol. The van der Waals surface area contributed by atoms with Crippen LogP contribution in [-0.2, 0) is 5.75 Å². The Morgan fingerprint density at radius 2 is 1.64 bits per heavy atom. The molecular formula is C21H15ClFNS. The Morgan fingerprint density at radius 3 is 2.44 bits per heavy atom. The van der Waals surface area contributed by atoms with Crippen molar-refractivity contribution in [3.63, 3.8) is 0 Å². The Kier molecular flexibility index (Phi) is 4.51. The van der Waals surface area contributed by atoms with Crippen LogP contribution in [0.15, 0.2) is 77.7 Å². The van der Waals surface area contributed by atoms with Gasteiger partial charge in [-0.2, -0.15) is 0 Å². The molecule has 0 unspecified atom stereocenters. The third-order valence-corrected chi connectivity index (χ3v) is 5.64. The molecule has 1 heterocycles. The topological polar surface area (TPSA) is 15.8 Å². The zero-order valence-corrected chi connectivity index (χ0v) is 14.9. The maximum absolute atomic E-state index is 14.1. The number of rotatable bonds is 4. The van der Waals surface area contributed by atoms with Gasteiger partial charge in [0, 0.05) is 32.1 Å². The molecule has 1 aromatic heterocycles. The number of nitrogens with one attached hydrogen (secondary N) is 1. The van der Waals surface area contributed by atoms with E-state index in [1.54, 1.807) is 23.9 Å². The van der Waals surface area contributed by atoms with Crippen molar-refractivity contribution in [1.29, 1.82) is 0 Å². The fourth-order valence-electron chi connectivity index (χ4n) is 2.89. The maximum Gasteiger partial charge on any atom is 0.128 e. The van der Waals surface area contributed by atoms with E-state index in [-0.39, 0.29) is 5.82 Å². The molecule has 3 aromatic carbocycles. The number of fused-ring (bicyclic) bond motifs is 1. The van der Waals surface area contributed by atoms with Gasteiger partial charge >= 0.3 is 0 Å². The van der Waals surface area contributed by atoms with Crippen molar-refractivity contribution in [3.05, 3.63) is 89.2 Å². The second-order valence-corrected chi connectivity index (χ2v) is 7.12. The van der Waals surface area contributed by atoms with E-state index in [4.69, 9.17) is 11.6 Å². The van der Waals surface area contributed by atoms with Gasteiger partial charge in [-0.15, -0.1) is 11.8 Å².